The van der Waals surface area contributed by atoms with Crippen molar-refractivity contribution in [1.29, 1.82) is 0 Å². The molecule has 0 unspecified atom stereocenters. The summed E-state index contributed by atoms with van der Waals surface area (Å²) in [7, 11) is 1.62. The minimum absolute atomic E-state index is 0.152. The van der Waals surface area contributed by atoms with E-state index in [0.29, 0.717) is 21.7 Å². The highest BCUT2D eigenvalue weighted by atomic mass is 35.5. The first-order valence-corrected chi connectivity index (χ1v) is 11.8. The van der Waals surface area contributed by atoms with E-state index in [1.54, 1.807) is 31.4 Å². The van der Waals surface area contributed by atoms with Gasteiger partial charge >= 0.3 is 0 Å². The fourth-order valence-electron chi connectivity index (χ4n) is 3.15. The Morgan fingerprint density at radius 2 is 1.76 bits per heavy atom. The van der Waals surface area contributed by atoms with Gasteiger partial charge in [0.05, 0.1) is 12.9 Å². The van der Waals surface area contributed by atoms with Crippen LogP contribution in [0.4, 0.5) is 5.69 Å². The van der Waals surface area contributed by atoms with Gasteiger partial charge in [0.1, 0.15) is 18.1 Å². The van der Waals surface area contributed by atoms with Crippen LogP contribution in [0.1, 0.15) is 11.4 Å². The highest BCUT2D eigenvalue weighted by Crippen LogP contribution is 2.25. The van der Waals surface area contributed by atoms with Gasteiger partial charge in [-0.15, -0.1) is 10.2 Å². The fourth-order valence-corrected chi connectivity index (χ4v) is 4.11. The van der Waals surface area contributed by atoms with E-state index < -0.39 is 0 Å². The number of rotatable bonds is 9. The summed E-state index contributed by atoms with van der Waals surface area (Å²) in [5.74, 6) is 2.08. The molecule has 1 heterocycles. The first-order chi connectivity index (χ1) is 16.5. The molecule has 0 fully saturated rings. The second-order valence-electron chi connectivity index (χ2n) is 7.38. The lowest BCUT2D eigenvalue weighted by atomic mass is 10.2. The summed E-state index contributed by atoms with van der Waals surface area (Å²) in [4.78, 5) is 12.5. The summed E-state index contributed by atoms with van der Waals surface area (Å²) in [6.07, 6.45) is 0. The van der Waals surface area contributed by atoms with E-state index in [-0.39, 0.29) is 18.3 Å². The van der Waals surface area contributed by atoms with Crippen LogP contribution in [0.25, 0.3) is 5.69 Å². The lowest BCUT2D eigenvalue weighted by Crippen LogP contribution is -2.14. The zero-order valence-corrected chi connectivity index (χ0v) is 20.3. The molecule has 7 nitrogen and oxygen atoms in total. The summed E-state index contributed by atoms with van der Waals surface area (Å²) in [6, 6.07) is 22.4. The molecule has 1 amide bonds. The minimum atomic E-state index is -0.172. The molecular weight excluding hydrogens is 472 g/mol. The molecule has 0 atom stereocenters. The van der Waals surface area contributed by atoms with E-state index in [9.17, 15) is 4.79 Å². The SMILES string of the molecule is COc1ccc(-n2c(COc3ccc(C)cc3)nnc2SCC(=O)Nc2cccc(Cl)c2)cc1. The summed E-state index contributed by atoms with van der Waals surface area (Å²) in [6.45, 7) is 2.24. The molecule has 0 bridgehead atoms. The molecule has 0 aliphatic heterocycles. The van der Waals surface area contributed by atoms with Crippen molar-refractivity contribution in [3.63, 3.8) is 0 Å². The average Bonchev–Trinajstić information content (AvgIpc) is 3.25. The van der Waals surface area contributed by atoms with Gasteiger partial charge in [0.2, 0.25) is 5.91 Å². The Bertz CT molecular complexity index is 1260. The molecule has 0 spiro atoms. The number of halogens is 1. The number of anilines is 1. The van der Waals surface area contributed by atoms with E-state index in [4.69, 9.17) is 21.1 Å². The van der Waals surface area contributed by atoms with Gasteiger partial charge < -0.3 is 14.8 Å². The van der Waals surface area contributed by atoms with Crippen LogP contribution in [0, 0.1) is 6.92 Å². The number of benzene rings is 3. The number of ether oxygens (including phenoxy) is 2. The van der Waals surface area contributed by atoms with Gasteiger partial charge in [-0.2, -0.15) is 0 Å². The highest BCUT2D eigenvalue weighted by molar-refractivity contribution is 7.99. The number of hydrogen-bond donors (Lipinski definition) is 1. The molecule has 1 N–H and O–H groups in total. The number of thioether (sulfide) groups is 1. The summed E-state index contributed by atoms with van der Waals surface area (Å²) in [5, 5.41) is 12.6. The zero-order chi connectivity index (χ0) is 23.9. The first kappa shape index (κ1) is 23.7. The number of aromatic nitrogens is 3. The third kappa shape index (κ3) is 6.09. The van der Waals surface area contributed by atoms with Gasteiger partial charge in [-0.3, -0.25) is 9.36 Å². The maximum Gasteiger partial charge on any atom is 0.234 e. The predicted octanol–water partition coefficient (Wildman–Crippen LogP) is 5.55. The van der Waals surface area contributed by atoms with Gasteiger partial charge in [-0.05, 0) is 61.5 Å². The molecule has 0 aliphatic rings. The number of aryl methyl sites for hydroxylation is 1. The third-order valence-electron chi connectivity index (χ3n) is 4.86. The fraction of sp³-hybridized carbons (Fsp3) is 0.160. The molecule has 1 aromatic heterocycles. The average molecular weight is 495 g/mol. The van der Waals surface area contributed by atoms with Crippen LogP contribution in [0.5, 0.6) is 11.5 Å². The number of amides is 1. The van der Waals surface area contributed by atoms with E-state index in [0.717, 1.165) is 22.7 Å². The highest BCUT2D eigenvalue weighted by Gasteiger charge is 2.17. The van der Waals surface area contributed by atoms with E-state index >= 15 is 0 Å². The van der Waals surface area contributed by atoms with Crippen LogP contribution < -0.4 is 14.8 Å². The van der Waals surface area contributed by atoms with Crippen molar-refractivity contribution < 1.29 is 14.3 Å². The van der Waals surface area contributed by atoms with E-state index in [1.807, 2.05) is 60.0 Å². The van der Waals surface area contributed by atoms with Crippen molar-refractivity contribution in [1.82, 2.24) is 14.8 Å². The van der Waals surface area contributed by atoms with Crippen LogP contribution >= 0.6 is 23.4 Å². The molecule has 0 saturated heterocycles. The molecule has 9 heteroatoms. The van der Waals surface area contributed by atoms with Crippen molar-refractivity contribution >= 4 is 35.0 Å². The quantitative estimate of drug-likeness (QED) is 0.307. The maximum absolute atomic E-state index is 12.5. The van der Waals surface area contributed by atoms with Crippen molar-refractivity contribution in [3.05, 3.63) is 89.2 Å². The maximum atomic E-state index is 12.5. The molecule has 0 saturated carbocycles. The lowest BCUT2D eigenvalue weighted by molar-refractivity contribution is -0.113. The molecule has 0 radical (unpaired) electrons. The number of nitrogens with one attached hydrogen (secondary N) is 1. The van der Waals surface area contributed by atoms with Gasteiger partial charge in [0, 0.05) is 16.4 Å². The van der Waals surface area contributed by atoms with Crippen LogP contribution in [-0.4, -0.2) is 33.5 Å². The summed E-state index contributed by atoms with van der Waals surface area (Å²) < 4.78 is 13.1. The summed E-state index contributed by atoms with van der Waals surface area (Å²) in [5.41, 5.74) is 2.64. The molecule has 34 heavy (non-hydrogen) atoms. The number of nitrogens with zero attached hydrogens (tertiary/aromatic N) is 3. The Morgan fingerprint density at radius 1 is 1.03 bits per heavy atom. The molecular formula is C25H23ClN4O3S. The smallest absolute Gasteiger partial charge is 0.234 e. The molecule has 0 aliphatic carbocycles. The minimum Gasteiger partial charge on any atom is -0.497 e. The number of carbonyl (C=O) groups is 1. The Labute approximate surface area is 207 Å². The van der Waals surface area contributed by atoms with Crippen LogP contribution in [0.15, 0.2) is 78.0 Å². The van der Waals surface area contributed by atoms with E-state index in [1.165, 1.54) is 11.8 Å². The monoisotopic (exact) mass is 494 g/mol. The Balaban J connectivity index is 1.52. The number of carbonyl (C=O) groups excluding carboxylic acids is 1. The van der Waals surface area contributed by atoms with Gasteiger partial charge in [-0.1, -0.05) is 47.1 Å². The Kier molecular flexibility index (Phi) is 7.72. The number of hydrogen-bond acceptors (Lipinski definition) is 6. The van der Waals surface area contributed by atoms with Crippen LogP contribution in [0.2, 0.25) is 5.02 Å². The Hall–Kier alpha value is -3.49. The third-order valence-corrected chi connectivity index (χ3v) is 6.02. The number of methoxy groups -OCH3 is 1. The van der Waals surface area contributed by atoms with Gasteiger partial charge in [0.25, 0.3) is 0 Å². The van der Waals surface area contributed by atoms with Crippen molar-refractivity contribution in [3.8, 4) is 17.2 Å². The predicted molar refractivity (Wildman–Crippen MR) is 134 cm³/mol. The second-order valence-corrected chi connectivity index (χ2v) is 8.76. The van der Waals surface area contributed by atoms with Crippen molar-refractivity contribution in [2.24, 2.45) is 0 Å². The molecule has 174 valence electrons. The molecule has 4 rings (SSSR count). The molecule has 3 aromatic carbocycles. The van der Waals surface area contributed by atoms with Crippen LogP contribution in [-0.2, 0) is 11.4 Å². The van der Waals surface area contributed by atoms with Crippen LogP contribution in [0.3, 0.4) is 0 Å². The topological polar surface area (TPSA) is 78.3 Å². The Morgan fingerprint density at radius 3 is 2.47 bits per heavy atom. The van der Waals surface area contributed by atoms with E-state index in [2.05, 4.69) is 15.5 Å². The molecule has 4 aromatic rings. The lowest BCUT2D eigenvalue weighted by Gasteiger charge is -2.12. The van der Waals surface area contributed by atoms with Gasteiger partial charge in [0.15, 0.2) is 11.0 Å². The second kappa shape index (κ2) is 11.1. The van der Waals surface area contributed by atoms with Gasteiger partial charge in [-0.25, -0.2) is 0 Å². The largest absolute Gasteiger partial charge is 0.497 e. The summed E-state index contributed by atoms with van der Waals surface area (Å²) >= 11 is 7.28. The zero-order valence-electron chi connectivity index (χ0n) is 18.7. The van der Waals surface area contributed by atoms with Crippen molar-refractivity contribution in [2.45, 2.75) is 18.7 Å². The standard InChI is InChI=1S/C25H23ClN4O3S/c1-17-6-10-22(11-7-17)33-15-23-28-29-25(30(23)20-8-12-21(32-2)13-9-20)34-16-24(31)27-19-5-3-4-18(26)14-19/h3-14H,15-16H2,1-2H3,(H,27,31). The first-order valence-electron chi connectivity index (χ1n) is 10.5. The van der Waals surface area contributed by atoms with Crippen molar-refractivity contribution in [2.75, 3.05) is 18.2 Å². The normalized spacial score (nSPS) is 10.7.